The zero-order chi connectivity index (χ0) is 13.3. The van der Waals surface area contributed by atoms with Crippen LogP contribution in [0.3, 0.4) is 0 Å². The summed E-state index contributed by atoms with van der Waals surface area (Å²) in [6, 6.07) is 0.736. The van der Waals surface area contributed by atoms with Gasteiger partial charge >= 0.3 is 0 Å². The molecule has 0 amide bonds. The van der Waals surface area contributed by atoms with E-state index >= 15 is 0 Å². The monoisotopic (exact) mass is 270 g/mol. The van der Waals surface area contributed by atoms with Crippen LogP contribution in [0.1, 0.15) is 32.1 Å². The summed E-state index contributed by atoms with van der Waals surface area (Å²) in [5.74, 6) is 0.903. The fraction of sp³-hybridized carbons (Fsp3) is 1.00. The fourth-order valence-electron chi connectivity index (χ4n) is 3.46. The maximum atomic E-state index is 5.63. The highest BCUT2D eigenvalue weighted by Gasteiger charge is 2.30. The normalized spacial score (nSPS) is 26.7. The van der Waals surface area contributed by atoms with Crippen LogP contribution in [0.5, 0.6) is 0 Å². The average Bonchev–Trinajstić information content (AvgIpc) is 2.48. The molecule has 0 radical (unpaired) electrons. The molecule has 1 N–H and O–H groups in total. The molecule has 4 nitrogen and oxygen atoms in total. The van der Waals surface area contributed by atoms with Crippen molar-refractivity contribution in [1.29, 1.82) is 0 Å². The van der Waals surface area contributed by atoms with Crippen LogP contribution in [0, 0.1) is 5.92 Å². The predicted molar refractivity (Wildman–Crippen MR) is 77.5 cm³/mol. The summed E-state index contributed by atoms with van der Waals surface area (Å²) in [7, 11) is 1.72. The largest absolute Gasteiger partial charge is 0.382 e. The molecule has 0 spiro atoms. The molecule has 0 aromatic heterocycles. The van der Waals surface area contributed by atoms with Gasteiger partial charge in [-0.05, 0) is 18.8 Å². The van der Waals surface area contributed by atoms with E-state index < -0.39 is 0 Å². The molecular formula is C15H30N2O2. The van der Waals surface area contributed by atoms with Gasteiger partial charge in [0.05, 0.1) is 19.8 Å². The van der Waals surface area contributed by atoms with Crippen LogP contribution in [0.25, 0.3) is 0 Å². The standard InChI is InChI=1S/C15H30N2O2/c1-18-11-12-19-10-9-17-8-7-16-13-15(17)14-5-3-2-4-6-14/h14-16H,2-13H2,1H3. The summed E-state index contributed by atoms with van der Waals surface area (Å²) in [5.41, 5.74) is 0. The minimum Gasteiger partial charge on any atom is -0.382 e. The van der Waals surface area contributed by atoms with Crippen molar-refractivity contribution < 1.29 is 9.47 Å². The summed E-state index contributed by atoms with van der Waals surface area (Å²) in [4.78, 5) is 2.65. The Balaban J connectivity index is 1.72. The lowest BCUT2D eigenvalue weighted by Crippen LogP contribution is -2.55. The van der Waals surface area contributed by atoms with Gasteiger partial charge in [-0.25, -0.2) is 0 Å². The second-order valence-corrected chi connectivity index (χ2v) is 5.81. The lowest BCUT2D eigenvalue weighted by Gasteiger charge is -2.42. The molecule has 2 rings (SSSR count). The molecule has 1 saturated heterocycles. The first-order valence-corrected chi connectivity index (χ1v) is 7.93. The molecule has 2 aliphatic rings. The van der Waals surface area contributed by atoms with Crippen LogP contribution in [-0.2, 0) is 9.47 Å². The van der Waals surface area contributed by atoms with Crippen LogP contribution in [-0.4, -0.2) is 64.1 Å². The van der Waals surface area contributed by atoms with Crippen LogP contribution >= 0.6 is 0 Å². The van der Waals surface area contributed by atoms with Gasteiger partial charge in [-0.15, -0.1) is 0 Å². The zero-order valence-corrected chi connectivity index (χ0v) is 12.4. The Morgan fingerprint density at radius 3 is 2.74 bits per heavy atom. The third-order valence-electron chi connectivity index (χ3n) is 4.55. The number of ether oxygens (including phenoxy) is 2. The van der Waals surface area contributed by atoms with E-state index in [1.165, 1.54) is 45.2 Å². The van der Waals surface area contributed by atoms with Crippen molar-refractivity contribution in [2.45, 2.75) is 38.1 Å². The first-order valence-electron chi connectivity index (χ1n) is 7.93. The topological polar surface area (TPSA) is 33.7 Å². The maximum Gasteiger partial charge on any atom is 0.0700 e. The van der Waals surface area contributed by atoms with Gasteiger partial charge < -0.3 is 14.8 Å². The molecule has 2 fully saturated rings. The lowest BCUT2D eigenvalue weighted by molar-refractivity contribution is 0.0305. The van der Waals surface area contributed by atoms with Gasteiger partial charge in [0.15, 0.2) is 0 Å². The quantitative estimate of drug-likeness (QED) is 0.711. The molecule has 1 atom stereocenters. The van der Waals surface area contributed by atoms with Gasteiger partial charge in [0.2, 0.25) is 0 Å². The number of hydrogen-bond acceptors (Lipinski definition) is 4. The van der Waals surface area contributed by atoms with Crippen molar-refractivity contribution in [1.82, 2.24) is 10.2 Å². The first kappa shape index (κ1) is 15.2. The van der Waals surface area contributed by atoms with Crippen molar-refractivity contribution in [3.05, 3.63) is 0 Å². The molecule has 1 aliphatic heterocycles. The number of piperazine rings is 1. The third-order valence-corrected chi connectivity index (χ3v) is 4.55. The summed E-state index contributed by atoms with van der Waals surface area (Å²) in [5, 5.41) is 3.57. The Hall–Kier alpha value is -0.160. The Bertz CT molecular complexity index is 232. The van der Waals surface area contributed by atoms with E-state index in [9.17, 15) is 0 Å². The van der Waals surface area contributed by atoms with Crippen molar-refractivity contribution in [3.63, 3.8) is 0 Å². The van der Waals surface area contributed by atoms with Crippen molar-refractivity contribution >= 4 is 0 Å². The van der Waals surface area contributed by atoms with E-state index in [0.717, 1.165) is 38.3 Å². The van der Waals surface area contributed by atoms with Crippen LogP contribution in [0.15, 0.2) is 0 Å². The van der Waals surface area contributed by atoms with Crippen molar-refractivity contribution in [3.8, 4) is 0 Å². The van der Waals surface area contributed by atoms with E-state index in [0.29, 0.717) is 6.61 Å². The average molecular weight is 270 g/mol. The van der Waals surface area contributed by atoms with Gasteiger partial charge in [0.1, 0.15) is 0 Å². The summed E-state index contributed by atoms with van der Waals surface area (Å²) in [6.07, 6.45) is 7.15. The minimum atomic E-state index is 0.702. The lowest BCUT2D eigenvalue weighted by atomic mass is 9.82. The van der Waals surface area contributed by atoms with Gasteiger partial charge in [-0.3, -0.25) is 4.90 Å². The van der Waals surface area contributed by atoms with Crippen LogP contribution in [0.2, 0.25) is 0 Å². The molecule has 1 unspecified atom stereocenters. The highest BCUT2D eigenvalue weighted by molar-refractivity contribution is 4.86. The van der Waals surface area contributed by atoms with E-state index in [2.05, 4.69) is 10.2 Å². The molecule has 19 heavy (non-hydrogen) atoms. The number of nitrogens with one attached hydrogen (secondary N) is 1. The Kier molecular flexibility index (Phi) is 7.14. The Morgan fingerprint density at radius 1 is 1.11 bits per heavy atom. The Labute approximate surface area is 117 Å². The SMILES string of the molecule is COCCOCCN1CCNCC1C1CCCCC1. The number of nitrogens with zero attached hydrogens (tertiary/aromatic N) is 1. The van der Waals surface area contributed by atoms with E-state index in [-0.39, 0.29) is 0 Å². The molecular weight excluding hydrogens is 240 g/mol. The van der Waals surface area contributed by atoms with Gasteiger partial charge in [-0.1, -0.05) is 19.3 Å². The molecule has 112 valence electrons. The summed E-state index contributed by atoms with van der Waals surface area (Å²) < 4.78 is 10.6. The van der Waals surface area contributed by atoms with E-state index in [1.54, 1.807) is 7.11 Å². The molecule has 0 bridgehead atoms. The fourth-order valence-corrected chi connectivity index (χ4v) is 3.46. The number of hydrogen-bond donors (Lipinski definition) is 1. The van der Waals surface area contributed by atoms with E-state index in [1.807, 2.05) is 0 Å². The summed E-state index contributed by atoms with van der Waals surface area (Å²) in [6.45, 7) is 6.81. The van der Waals surface area contributed by atoms with Gasteiger partial charge in [0, 0.05) is 39.3 Å². The third kappa shape index (κ3) is 5.03. The predicted octanol–water partition coefficient (Wildman–Crippen LogP) is 1.50. The second-order valence-electron chi connectivity index (χ2n) is 5.81. The Morgan fingerprint density at radius 2 is 1.95 bits per heavy atom. The summed E-state index contributed by atoms with van der Waals surface area (Å²) >= 11 is 0. The van der Waals surface area contributed by atoms with Crippen molar-refractivity contribution in [2.24, 2.45) is 5.92 Å². The molecule has 1 aliphatic carbocycles. The first-order chi connectivity index (χ1) is 9.42. The van der Waals surface area contributed by atoms with E-state index in [4.69, 9.17) is 9.47 Å². The highest BCUT2D eigenvalue weighted by atomic mass is 16.5. The number of rotatable bonds is 7. The van der Waals surface area contributed by atoms with Gasteiger partial charge in [-0.2, -0.15) is 0 Å². The molecule has 0 aromatic carbocycles. The molecule has 1 heterocycles. The van der Waals surface area contributed by atoms with Crippen LogP contribution < -0.4 is 5.32 Å². The molecule has 4 heteroatoms. The molecule has 1 saturated carbocycles. The van der Waals surface area contributed by atoms with Crippen molar-refractivity contribution in [2.75, 3.05) is 53.1 Å². The van der Waals surface area contributed by atoms with Crippen LogP contribution in [0.4, 0.5) is 0 Å². The number of methoxy groups -OCH3 is 1. The minimum absolute atomic E-state index is 0.702. The zero-order valence-electron chi connectivity index (χ0n) is 12.4. The highest BCUT2D eigenvalue weighted by Crippen LogP contribution is 2.29. The molecule has 0 aromatic rings. The van der Waals surface area contributed by atoms with Gasteiger partial charge in [0.25, 0.3) is 0 Å². The maximum absolute atomic E-state index is 5.63. The smallest absolute Gasteiger partial charge is 0.0700 e. The second kappa shape index (κ2) is 8.90.